The van der Waals surface area contributed by atoms with Crippen molar-refractivity contribution in [1.82, 2.24) is 0 Å². The van der Waals surface area contributed by atoms with Gasteiger partial charge in [-0.3, -0.25) is 0 Å². The fourth-order valence-electron chi connectivity index (χ4n) is 1.99. The molecule has 0 aliphatic carbocycles. The van der Waals surface area contributed by atoms with Crippen molar-refractivity contribution in [3.63, 3.8) is 0 Å². The number of ether oxygens (including phenoxy) is 2. The Bertz CT molecular complexity index is 552. The molecule has 1 unspecified atom stereocenters. The first-order valence-corrected chi connectivity index (χ1v) is 8.30. The summed E-state index contributed by atoms with van der Waals surface area (Å²) >= 11 is 0. The molecule has 1 aromatic rings. The van der Waals surface area contributed by atoms with Gasteiger partial charge in [0.15, 0.2) is 6.10 Å². The van der Waals surface area contributed by atoms with Gasteiger partial charge in [0.1, 0.15) is 0 Å². The minimum absolute atomic E-state index is 0.0628. The highest BCUT2D eigenvalue weighted by Crippen LogP contribution is 2.23. The van der Waals surface area contributed by atoms with Crippen molar-refractivity contribution in [3.05, 3.63) is 35.4 Å². The molecule has 1 rings (SSSR count). The normalized spacial score (nSPS) is 12.5. The Kier molecular flexibility index (Phi) is 8.45. The second-order valence-electron chi connectivity index (χ2n) is 5.72. The average Bonchev–Trinajstić information content (AvgIpc) is 2.57. The minimum atomic E-state index is -4.61. The lowest BCUT2D eigenvalue weighted by atomic mass is 10.1. The molecular weight excluding hydrogens is 337 g/mol. The van der Waals surface area contributed by atoms with E-state index in [1.165, 1.54) is 24.3 Å². The monoisotopic (exact) mass is 360 g/mol. The van der Waals surface area contributed by atoms with Crippen LogP contribution in [0.5, 0.6) is 0 Å². The second-order valence-corrected chi connectivity index (χ2v) is 5.72. The molecule has 0 amide bonds. The quantitative estimate of drug-likeness (QED) is 0.463. The number of hydrogen-bond acceptors (Lipinski definition) is 4. The van der Waals surface area contributed by atoms with E-state index in [0.717, 1.165) is 39.0 Å². The predicted octanol–water partition coefficient (Wildman–Crippen LogP) is 4.92. The molecule has 0 heterocycles. The number of rotatable bonds is 9. The van der Waals surface area contributed by atoms with Crippen LogP contribution in [0.25, 0.3) is 0 Å². The molecule has 140 valence electrons. The average molecular weight is 360 g/mol. The molecular formula is C18H23F3O4. The van der Waals surface area contributed by atoms with Crippen LogP contribution in [0.4, 0.5) is 13.2 Å². The third kappa shape index (κ3) is 7.58. The van der Waals surface area contributed by atoms with Crippen LogP contribution in [0, 0.1) is 0 Å². The number of benzene rings is 1. The highest BCUT2D eigenvalue weighted by Gasteiger charge is 2.39. The van der Waals surface area contributed by atoms with E-state index < -0.39 is 24.2 Å². The van der Waals surface area contributed by atoms with Crippen molar-refractivity contribution >= 4 is 11.9 Å². The summed E-state index contributed by atoms with van der Waals surface area (Å²) in [5, 5.41) is 0. The Morgan fingerprint density at radius 1 is 0.960 bits per heavy atom. The lowest BCUT2D eigenvalue weighted by Crippen LogP contribution is -2.30. The third-order valence-corrected chi connectivity index (χ3v) is 3.58. The highest BCUT2D eigenvalue weighted by molar-refractivity contribution is 5.93. The van der Waals surface area contributed by atoms with Gasteiger partial charge in [-0.25, -0.2) is 9.59 Å². The van der Waals surface area contributed by atoms with Gasteiger partial charge in [-0.15, -0.1) is 0 Å². The van der Waals surface area contributed by atoms with Gasteiger partial charge in [-0.1, -0.05) is 32.6 Å². The molecule has 25 heavy (non-hydrogen) atoms. The molecule has 0 aliphatic rings. The SMILES string of the molecule is CCCCCCCOC(=O)c1ccc(C(=O)OC(C)C(F)(F)F)cc1. The smallest absolute Gasteiger partial charge is 0.425 e. The van der Waals surface area contributed by atoms with E-state index in [0.29, 0.717) is 6.61 Å². The van der Waals surface area contributed by atoms with E-state index in [2.05, 4.69) is 11.7 Å². The van der Waals surface area contributed by atoms with Gasteiger partial charge < -0.3 is 9.47 Å². The van der Waals surface area contributed by atoms with Gasteiger partial charge in [-0.05, 0) is 37.6 Å². The van der Waals surface area contributed by atoms with Crippen molar-refractivity contribution in [2.24, 2.45) is 0 Å². The Hall–Kier alpha value is -2.05. The van der Waals surface area contributed by atoms with Crippen molar-refractivity contribution in [2.45, 2.75) is 58.2 Å². The number of carbonyl (C=O) groups is 2. The number of unbranched alkanes of at least 4 members (excludes halogenated alkanes) is 4. The van der Waals surface area contributed by atoms with Gasteiger partial charge in [0.25, 0.3) is 0 Å². The number of alkyl halides is 3. The molecule has 0 spiro atoms. The standard InChI is InChI=1S/C18H23F3O4/c1-3-4-5-6-7-12-24-16(22)14-8-10-15(11-9-14)17(23)25-13(2)18(19,20)21/h8-11,13H,3-7,12H2,1-2H3. The zero-order chi connectivity index (χ0) is 18.9. The van der Waals surface area contributed by atoms with Gasteiger partial charge in [0.05, 0.1) is 17.7 Å². The predicted molar refractivity (Wildman–Crippen MR) is 86.4 cm³/mol. The molecule has 0 aromatic heterocycles. The van der Waals surface area contributed by atoms with Crippen molar-refractivity contribution < 1.29 is 32.2 Å². The van der Waals surface area contributed by atoms with Crippen LogP contribution in [-0.2, 0) is 9.47 Å². The first-order valence-electron chi connectivity index (χ1n) is 8.30. The minimum Gasteiger partial charge on any atom is -0.462 e. The summed E-state index contributed by atoms with van der Waals surface area (Å²) < 4.78 is 46.6. The topological polar surface area (TPSA) is 52.6 Å². The van der Waals surface area contributed by atoms with E-state index in [9.17, 15) is 22.8 Å². The van der Waals surface area contributed by atoms with Crippen LogP contribution in [-0.4, -0.2) is 30.8 Å². The number of esters is 2. The molecule has 0 N–H and O–H groups in total. The fourth-order valence-corrected chi connectivity index (χ4v) is 1.99. The van der Waals surface area contributed by atoms with E-state index in [1.54, 1.807) is 0 Å². The molecule has 7 heteroatoms. The van der Waals surface area contributed by atoms with Crippen molar-refractivity contribution in [1.29, 1.82) is 0 Å². The van der Waals surface area contributed by atoms with Crippen LogP contribution < -0.4 is 0 Å². The van der Waals surface area contributed by atoms with Crippen molar-refractivity contribution in [3.8, 4) is 0 Å². The van der Waals surface area contributed by atoms with E-state index in [4.69, 9.17) is 4.74 Å². The van der Waals surface area contributed by atoms with Gasteiger partial charge >= 0.3 is 18.1 Å². The summed E-state index contributed by atoms with van der Waals surface area (Å²) in [6, 6.07) is 5.13. The number of carbonyl (C=O) groups excluding carboxylic acids is 2. The van der Waals surface area contributed by atoms with Gasteiger partial charge in [-0.2, -0.15) is 13.2 Å². The number of halogens is 3. The Morgan fingerprint density at radius 3 is 2.00 bits per heavy atom. The Labute approximate surface area is 145 Å². The maximum atomic E-state index is 12.4. The molecule has 1 aromatic carbocycles. The summed E-state index contributed by atoms with van der Waals surface area (Å²) in [4.78, 5) is 23.5. The Morgan fingerprint density at radius 2 is 1.48 bits per heavy atom. The third-order valence-electron chi connectivity index (χ3n) is 3.58. The first kappa shape index (κ1) is 21.0. The van der Waals surface area contributed by atoms with E-state index in [1.807, 2.05) is 0 Å². The largest absolute Gasteiger partial charge is 0.462 e. The summed E-state index contributed by atoms with van der Waals surface area (Å²) in [7, 11) is 0. The highest BCUT2D eigenvalue weighted by atomic mass is 19.4. The zero-order valence-corrected chi connectivity index (χ0v) is 14.4. The lowest BCUT2D eigenvalue weighted by molar-refractivity contribution is -0.198. The molecule has 4 nitrogen and oxygen atoms in total. The number of hydrogen-bond donors (Lipinski definition) is 0. The maximum absolute atomic E-state index is 12.4. The first-order chi connectivity index (χ1) is 11.8. The van der Waals surface area contributed by atoms with Crippen LogP contribution >= 0.6 is 0 Å². The molecule has 0 aliphatic heterocycles. The lowest BCUT2D eigenvalue weighted by Gasteiger charge is -2.16. The molecule has 0 bridgehead atoms. The molecule has 0 saturated heterocycles. The molecule has 0 fully saturated rings. The maximum Gasteiger partial charge on any atom is 0.425 e. The van der Waals surface area contributed by atoms with Crippen LogP contribution in [0.15, 0.2) is 24.3 Å². The summed E-state index contributed by atoms with van der Waals surface area (Å²) in [5.41, 5.74) is 0.168. The van der Waals surface area contributed by atoms with E-state index >= 15 is 0 Å². The summed E-state index contributed by atoms with van der Waals surface area (Å²) in [6.07, 6.45) is -1.65. The summed E-state index contributed by atoms with van der Waals surface area (Å²) in [5.74, 6) is -1.63. The van der Waals surface area contributed by atoms with Crippen LogP contribution in [0.3, 0.4) is 0 Å². The molecule has 0 radical (unpaired) electrons. The second kappa shape index (κ2) is 10.1. The Balaban J connectivity index is 2.47. The van der Waals surface area contributed by atoms with Gasteiger partial charge in [0, 0.05) is 0 Å². The van der Waals surface area contributed by atoms with Gasteiger partial charge in [0.2, 0.25) is 0 Å². The summed E-state index contributed by atoms with van der Waals surface area (Å²) in [6.45, 7) is 3.18. The van der Waals surface area contributed by atoms with Crippen LogP contribution in [0.1, 0.15) is 66.7 Å². The molecule has 1 atom stereocenters. The fraction of sp³-hybridized carbons (Fsp3) is 0.556. The van der Waals surface area contributed by atoms with Crippen LogP contribution in [0.2, 0.25) is 0 Å². The molecule has 0 saturated carbocycles. The zero-order valence-electron chi connectivity index (χ0n) is 14.4. The van der Waals surface area contributed by atoms with Crippen molar-refractivity contribution in [2.75, 3.05) is 6.61 Å². The van der Waals surface area contributed by atoms with E-state index in [-0.39, 0.29) is 11.1 Å².